The fraction of sp³-hybridized carbons (Fsp3) is 0.444. The van der Waals surface area contributed by atoms with Gasteiger partial charge in [-0.25, -0.2) is 9.50 Å². The number of carbonyl (C=O) groups excluding carboxylic acids is 1. The first-order valence-electron chi connectivity index (χ1n) is 8.76. The van der Waals surface area contributed by atoms with Crippen LogP contribution in [0.25, 0.3) is 5.65 Å². The Labute approximate surface area is 146 Å². The second-order valence-electron chi connectivity index (χ2n) is 6.74. The van der Waals surface area contributed by atoms with Crippen molar-refractivity contribution in [3.05, 3.63) is 41.6 Å². The predicted octanol–water partition coefficient (Wildman–Crippen LogP) is 2.84. The van der Waals surface area contributed by atoms with Crippen LogP contribution in [0.3, 0.4) is 0 Å². The van der Waals surface area contributed by atoms with Crippen molar-refractivity contribution in [2.45, 2.75) is 52.0 Å². The zero-order valence-corrected chi connectivity index (χ0v) is 14.6. The number of hydrogen-bond donors (Lipinski definition) is 1. The van der Waals surface area contributed by atoms with E-state index in [-0.39, 0.29) is 5.91 Å². The lowest BCUT2D eigenvalue weighted by atomic mass is 9.85. The summed E-state index contributed by atoms with van der Waals surface area (Å²) in [5.41, 5.74) is 3.45. The third-order valence-corrected chi connectivity index (χ3v) is 4.78. The van der Waals surface area contributed by atoms with Gasteiger partial charge in [0.2, 0.25) is 5.91 Å². The lowest BCUT2D eigenvalue weighted by Crippen LogP contribution is -2.16. The smallest absolute Gasteiger partial charge is 0.226 e. The number of nitrogens with zero attached hydrogens (tertiary/aromatic N) is 5. The molecule has 7 heteroatoms. The SMILES string of the molecule is Cc1cc(C)n(CCC(=O)Nc2cccn3nc(C4CCC4)nc23)n1. The molecule has 1 saturated carbocycles. The molecule has 0 bridgehead atoms. The number of aromatic nitrogens is 5. The molecule has 3 aromatic rings. The quantitative estimate of drug-likeness (QED) is 0.776. The Bertz CT molecular complexity index is 921. The van der Waals surface area contributed by atoms with Crippen LogP contribution in [0.15, 0.2) is 24.4 Å². The summed E-state index contributed by atoms with van der Waals surface area (Å²) < 4.78 is 3.62. The van der Waals surface area contributed by atoms with Gasteiger partial charge in [0.1, 0.15) is 0 Å². The predicted molar refractivity (Wildman–Crippen MR) is 94.5 cm³/mol. The molecule has 7 nitrogen and oxygen atoms in total. The van der Waals surface area contributed by atoms with E-state index in [9.17, 15) is 4.79 Å². The molecule has 0 aromatic carbocycles. The van der Waals surface area contributed by atoms with Crippen molar-refractivity contribution in [2.75, 3.05) is 5.32 Å². The van der Waals surface area contributed by atoms with Crippen LogP contribution in [0.2, 0.25) is 0 Å². The Hall–Kier alpha value is -2.70. The molecule has 0 saturated heterocycles. The van der Waals surface area contributed by atoms with Gasteiger partial charge in [-0.1, -0.05) is 6.42 Å². The van der Waals surface area contributed by atoms with E-state index in [2.05, 4.69) is 20.5 Å². The van der Waals surface area contributed by atoms with Crippen molar-refractivity contribution in [2.24, 2.45) is 0 Å². The van der Waals surface area contributed by atoms with E-state index < -0.39 is 0 Å². The molecule has 130 valence electrons. The average molecular weight is 338 g/mol. The van der Waals surface area contributed by atoms with Crippen molar-refractivity contribution in [3.8, 4) is 0 Å². The number of rotatable bonds is 5. The van der Waals surface area contributed by atoms with Gasteiger partial charge in [0.05, 0.1) is 11.4 Å². The maximum atomic E-state index is 12.3. The minimum atomic E-state index is -0.0474. The number of hydrogen-bond acceptors (Lipinski definition) is 4. The van der Waals surface area contributed by atoms with E-state index in [0.29, 0.717) is 30.2 Å². The van der Waals surface area contributed by atoms with Crippen molar-refractivity contribution < 1.29 is 4.79 Å². The fourth-order valence-electron chi connectivity index (χ4n) is 3.18. The molecule has 3 aromatic heterocycles. The molecule has 1 fully saturated rings. The number of amides is 1. The summed E-state index contributed by atoms with van der Waals surface area (Å²) in [6.45, 7) is 4.51. The van der Waals surface area contributed by atoms with Crippen LogP contribution < -0.4 is 5.32 Å². The topological polar surface area (TPSA) is 77.1 Å². The Morgan fingerprint density at radius 3 is 2.84 bits per heavy atom. The number of carbonyl (C=O) groups is 1. The van der Waals surface area contributed by atoms with Crippen LogP contribution in [0.1, 0.15) is 48.8 Å². The van der Waals surface area contributed by atoms with Crippen LogP contribution in [0, 0.1) is 13.8 Å². The van der Waals surface area contributed by atoms with Crippen LogP contribution >= 0.6 is 0 Å². The second kappa shape index (κ2) is 6.31. The third-order valence-electron chi connectivity index (χ3n) is 4.78. The van der Waals surface area contributed by atoms with Gasteiger partial charge >= 0.3 is 0 Å². The molecule has 0 spiro atoms. The molecule has 0 atom stereocenters. The van der Waals surface area contributed by atoms with Crippen molar-refractivity contribution in [1.82, 2.24) is 24.4 Å². The summed E-state index contributed by atoms with van der Waals surface area (Å²) in [6.07, 6.45) is 5.79. The second-order valence-corrected chi connectivity index (χ2v) is 6.74. The summed E-state index contributed by atoms with van der Waals surface area (Å²) >= 11 is 0. The van der Waals surface area contributed by atoms with Crippen molar-refractivity contribution >= 4 is 17.2 Å². The Morgan fingerprint density at radius 1 is 1.32 bits per heavy atom. The lowest BCUT2D eigenvalue weighted by molar-refractivity contribution is -0.116. The average Bonchev–Trinajstić information content (AvgIpc) is 3.07. The highest BCUT2D eigenvalue weighted by molar-refractivity contribution is 5.94. The molecule has 1 amide bonds. The molecular weight excluding hydrogens is 316 g/mol. The highest BCUT2D eigenvalue weighted by Gasteiger charge is 2.24. The highest BCUT2D eigenvalue weighted by Crippen LogP contribution is 2.35. The molecule has 0 radical (unpaired) electrons. The first-order chi connectivity index (χ1) is 12.1. The summed E-state index contributed by atoms with van der Waals surface area (Å²) in [6, 6.07) is 5.76. The fourth-order valence-corrected chi connectivity index (χ4v) is 3.18. The van der Waals surface area contributed by atoms with Gasteiger partial charge in [-0.15, -0.1) is 0 Å². The standard InChI is InChI=1S/C18H22N6O/c1-12-11-13(2)23(21-12)10-8-16(25)19-15-7-4-9-24-18(15)20-17(22-24)14-5-3-6-14/h4,7,9,11,14H,3,5-6,8,10H2,1-2H3,(H,19,25). The summed E-state index contributed by atoms with van der Waals surface area (Å²) in [4.78, 5) is 17.0. The zero-order chi connectivity index (χ0) is 17.4. The maximum absolute atomic E-state index is 12.3. The van der Waals surface area contributed by atoms with Gasteiger partial charge in [0.25, 0.3) is 0 Å². The van der Waals surface area contributed by atoms with Gasteiger partial charge in [-0.05, 0) is 44.9 Å². The van der Waals surface area contributed by atoms with E-state index in [1.54, 1.807) is 4.52 Å². The molecule has 0 aliphatic heterocycles. The number of pyridine rings is 1. The van der Waals surface area contributed by atoms with E-state index in [1.807, 2.05) is 42.9 Å². The van der Waals surface area contributed by atoms with E-state index in [4.69, 9.17) is 0 Å². The first kappa shape index (κ1) is 15.8. The Morgan fingerprint density at radius 2 is 2.16 bits per heavy atom. The molecule has 25 heavy (non-hydrogen) atoms. The molecule has 4 rings (SSSR count). The number of nitrogens with one attached hydrogen (secondary N) is 1. The monoisotopic (exact) mass is 338 g/mol. The zero-order valence-electron chi connectivity index (χ0n) is 14.6. The number of fused-ring (bicyclic) bond motifs is 1. The van der Waals surface area contributed by atoms with Crippen LogP contribution in [-0.4, -0.2) is 30.3 Å². The van der Waals surface area contributed by atoms with Gasteiger partial charge < -0.3 is 5.32 Å². The van der Waals surface area contributed by atoms with E-state index in [0.717, 1.165) is 30.1 Å². The van der Waals surface area contributed by atoms with Gasteiger partial charge in [0.15, 0.2) is 11.5 Å². The summed E-state index contributed by atoms with van der Waals surface area (Å²) in [5, 5.41) is 11.9. The van der Waals surface area contributed by atoms with Crippen molar-refractivity contribution in [1.29, 1.82) is 0 Å². The molecule has 1 aliphatic rings. The minimum Gasteiger partial charge on any atom is -0.323 e. The van der Waals surface area contributed by atoms with Gasteiger partial charge in [-0.3, -0.25) is 9.48 Å². The van der Waals surface area contributed by atoms with E-state index >= 15 is 0 Å². The third kappa shape index (κ3) is 3.14. The maximum Gasteiger partial charge on any atom is 0.226 e. The van der Waals surface area contributed by atoms with E-state index in [1.165, 1.54) is 6.42 Å². The summed E-state index contributed by atoms with van der Waals surface area (Å²) in [5.74, 6) is 1.30. The largest absolute Gasteiger partial charge is 0.323 e. The lowest BCUT2D eigenvalue weighted by Gasteiger charge is -2.21. The normalized spacial score (nSPS) is 14.6. The van der Waals surface area contributed by atoms with Crippen LogP contribution in [-0.2, 0) is 11.3 Å². The van der Waals surface area contributed by atoms with Crippen LogP contribution in [0.5, 0.6) is 0 Å². The minimum absolute atomic E-state index is 0.0474. The molecular formula is C18H22N6O. The Kier molecular flexibility index (Phi) is 3.99. The number of aryl methyl sites for hydroxylation is 3. The van der Waals surface area contributed by atoms with Gasteiger partial charge in [0, 0.05) is 30.8 Å². The molecule has 1 aliphatic carbocycles. The highest BCUT2D eigenvalue weighted by atomic mass is 16.1. The van der Waals surface area contributed by atoms with Crippen molar-refractivity contribution in [3.63, 3.8) is 0 Å². The Balaban J connectivity index is 1.47. The van der Waals surface area contributed by atoms with Crippen LogP contribution in [0.4, 0.5) is 5.69 Å². The first-order valence-corrected chi connectivity index (χ1v) is 8.76. The van der Waals surface area contributed by atoms with Gasteiger partial charge in [-0.2, -0.15) is 10.2 Å². The molecule has 1 N–H and O–H groups in total. The summed E-state index contributed by atoms with van der Waals surface area (Å²) in [7, 11) is 0. The number of anilines is 1. The molecule has 3 heterocycles. The molecule has 0 unspecified atom stereocenters.